The number of likely N-dealkylation sites (tertiary alicyclic amines) is 1. The molecule has 1 aliphatic heterocycles. The van der Waals surface area contributed by atoms with E-state index in [9.17, 15) is 5.11 Å². The van der Waals surface area contributed by atoms with Crippen LogP contribution in [0.15, 0.2) is 18.2 Å². The zero-order valence-electron chi connectivity index (χ0n) is 18.1. The highest BCUT2D eigenvalue weighted by Gasteiger charge is 2.23. The molecule has 0 amide bonds. The van der Waals surface area contributed by atoms with Gasteiger partial charge in [-0.05, 0) is 37.9 Å². The van der Waals surface area contributed by atoms with Crippen LogP contribution in [0.3, 0.4) is 0 Å². The van der Waals surface area contributed by atoms with Crippen molar-refractivity contribution in [2.24, 2.45) is 0 Å². The lowest BCUT2D eigenvalue weighted by Crippen LogP contribution is -2.31. The first-order valence-electron chi connectivity index (χ1n) is 11.7. The van der Waals surface area contributed by atoms with E-state index in [1.165, 1.54) is 64.2 Å². The lowest BCUT2D eigenvalue weighted by atomic mass is 10.1. The van der Waals surface area contributed by atoms with E-state index in [0.29, 0.717) is 12.6 Å². The molecule has 1 atom stereocenters. The first-order chi connectivity index (χ1) is 13.8. The zero-order chi connectivity index (χ0) is 19.9. The van der Waals surface area contributed by atoms with E-state index in [1.54, 1.807) is 0 Å². The van der Waals surface area contributed by atoms with Gasteiger partial charge in [0.15, 0.2) is 0 Å². The number of hydrogen-bond acceptors (Lipinski definition) is 4. The molecule has 1 saturated heterocycles. The number of aliphatic hydroxyl groups is 1. The van der Waals surface area contributed by atoms with Crippen LogP contribution >= 0.6 is 0 Å². The number of rotatable bonds is 16. The maximum absolute atomic E-state index is 9.47. The van der Waals surface area contributed by atoms with E-state index in [0.717, 1.165) is 43.9 Å². The van der Waals surface area contributed by atoms with Gasteiger partial charge in [-0.2, -0.15) is 0 Å². The summed E-state index contributed by atoms with van der Waals surface area (Å²) in [5.41, 5.74) is 2.10. The van der Waals surface area contributed by atoms with E-state index >= 15 is 0 Å². The van der Waals surface area contributed by atoms with Crippen molar-refractivity contribution in [3.05, 3.63) is 29.6 Å². The number of hydrogen-bond donors (Lipinski definition) is 1. The normalized spacial score (nSPS) is 17.4. The molecule has 0 bridgehead atoms. The maximum atomic E-state index is 9.47. The molecule has 2 rings (SSSR count). The second kappa shape index (κ2) is 14.9. The number of nitrogens with zero attached hydrogens (tertiary/aromatic N) is 2. The molecule has 1 aromatic rings. The number of unbranched alkanes of at least 4 members (excludes halogenated alkanes) is 9. The van der Waals surface area contributed by atoms with E-state index in [-0.39, 0.29) is 6.61 Å². The minimum absolute atomic E-state index is 0.252. The van der Waals surface area contributed by atoms with Crippen molar-refractivity contribution in [3.63, 3.8) is 0 Å². The summed E-state index contributed by atoms with van der Waals surface area (Å²) in [5.74, 6) is 0. The highest BCUT2D eigenvalue weighted by atomic mass is 16.5. The predicted octanol–water partition coefficient (Wildman–Crippen LogP) is 5.48. The lowest BCUT2D eigenvalue weighted by molar-refractivity contribution is 0.113. The van der Waals surface area contributed by atoms with Crippen molar-refractivity contribution in [3.8, 4) is 0 Å². The van der Waals surface area contributed by atoms with Crippen LogP contribution in [0.1, 0.15) is 95.4 Å². The topological polar surface area (TPSA) is 45.6 Å². The Balaban J connectivity index is 1.50. The summed E-state index contributed by atoms with van der Waals surface area (Å²) in [6.07, 6.45) is 15.8. The third-order valence-electron chi connectivity index (χ3n) is 5.83. The maximum Gasteiger partial charge on any atom is 0.0887 e. The van der Waals surface area contributed by atoms with Gasteiger partial charge in [0.05, 0.1) is 24.6 Å². The summed E-state index contributed by atoms with van der Waals surface area (Å²) in [7, 11) is 0. The predicted molar refractivity (Wildman–Crippen MR) is 116 cm³/mol. The number of ether oxygens (including phenoxy) is 1. The monoisotopic (exact) mass is 390 g/mol. The summed E-state index contributed by atoms with van der Waals surface area (Å²) in [5, 5.41) is 9.47. The second-order valence-corrected chi connectivity index (χ2v) is 8.30. The van der Waals surface area contributed by atoms with Crippen molar-refractivity contribution < 1.29 is 9.84 Å². The van der Waals surface area contributed by atoms with Crippen molar-refractivity contribution in [1.82, 2.24) is 9.88 Å². The van der Waals surface area contributed by atoms with Crippen LogP contribution < -0.4 is 0 Å². The van der Waals surface area contributed by atoms with Gasteiger partial charge < -0.3 is 9.84 Å². The molecule has 1 fully saturated rings. The quantitative estimate of drug-likeness (QED) is 0.380. The van der Waals surface area contributed by atoms with Gasteiger partial charge in [-0.1, -0.05) is 70.8 Å². The minimum Gasteiger partial charge on any atom is -0.395 e. The van der Waals surface area contributed by atoms with Crippen LogP contribution in [0.5, 0.6) is 0 Å². The third kappa shape index (κ3) is 9.49. The molecule has 28 heavy (non-hydrogen) atoms. The fourth-order valence-electron chi connectivity index (χ4n) is 4.08. The molecular formula is C24H42N2O2. The van der Waals surface area contributed by atoms with Gasteiger partial charge in [0.2, 0.25) is 0 Å². The van der Waals surface area contributed by atoms with Crippen LogP contribution in [0, 0.1) is 0 Å². The second-order valence-electron chi connectivity index (χ2n) is 8.30. The third-order valence-corrected chi connectivity index (χ3v) is 5.83. The first-order valence-corrected chi connectivity index (χ1v) is 11.7. The molecule has 4 heteroatoms. The molecule has 0 radical (unpaired) electrons. The summed E-state index contributed by atoms with van der Waals surface area (Å²) in [6.45, 7) is 5.86. The number of aromatic nitrogens is 1. The Morgan fingerprint density at radius 1 is 1.00 bits per heavy atom. The Bertz CT molecular complexity index is 509. The minimum atomic E-state index is 0.252. The molecule has 160 valence electrons. The molecule has 2 heterocycles. The van der Waals surface area contributed by atoms with Crippen molar-refractivity contribution >= 4 is 0 Å². The number of aliphatic hydroxyl groups excluding tert-OH is 1. The van der Waals surface area contributed by atoms with Gasteiger partial charge in [0.1, 0.15) is 0 Å². The summed E-state index contributed by atoms with van der Waals surface area (Å²) < 4.78 is 5.84. The lowest BCUT2D eigenvalue weighted by Gasteiger charge is -2.22. The fraction of sp³-hybridized carbons (Fsp3) is 0.792. The van der Waals surface area contributed by atoms with E-state index < -0.39 is 0 Å². The molecule has 0 unspecified atom stereocenters. The molecule has 0 saturated carbocycles. The van der Waals surface area contributed by atoms with E-state index in [2.05, 4.69) is 30.0 Å². The van der Waals surface area contributed by atoms with Crippen LogP contribution in [0.25, 0.3) is 0 Å². The fourth-order valence-corrected chi connectivity index (χ4v) is 4.08. The average Bonchev–Trinajstić information content (AvgIpc) is 3.16. The van der Waals surface area contributed by atoms with Crippen LogP contribution in [0.2, 0.25) is 0 Å². The standard InChI is InChI=1S/C24H42N2O2/c1-2-3-4-5-6-7-8-9-10-11-18-28-21-23-15-12-14-22(25-23)19-26-17-13-16-24(26)20-27/h12,14-15,24,27H,2-11,13,16-21H2,1H3/t24-/m0/s1. The van der Waals surface area contributed by atoms with Gasteiger partial charge in [-0.3, -0.25) is 9.88 Å². The van der Waals surface area contributed by atoms with Crippen LogP contribution in [-0.2, 0) is 17.9 Å². The summed E-state index contributed by atoms with van der Waals surface area (Å²) in [4.78, 5) is 7.09. The smallest absolute Gasteiger partial charge is 0.0887 e. The Kier molecular flexibility index (Phi) is 12.4. The SMILES string of the molecule is CCCCCCCCCCCCOCc1cccc(CN2CCC[C@H]2CO)n1. The summed E-state index contributed by atoms with van der Waals surface area (Å²) >= 11 is 0. The van der Waals surface area contributed by atoms with Gasteiger partial charge in [-0.25, -0.2) is 0 Å². The van der Waals surface area contributed by atoms with E-state index in [1.807, 2.05) is 0 Å². The Morgan fingerprint density at radius 3 is 2.39 bits per heavy atom. The Labute approximate surface area is 172 Å². The van der Waals surface area contributed by atoms with Crippen LogP contribution in [-0.4, -0.2) is 40.8 Å². The molecule has 4 nitrogen and oxygen atoms in total. The van der Waals surface area contributed by atoms with Crippen molar-refractivity contribution in [1.29, 1.82) is 0 Å². The molecular weight excluding hydrogens is 348 g/mol. The first kappa shape index (κ1) is 23.3. The zero-order valence-corrected chi connectivity index (χ0v) is 18.1. The van der Waals surface area contributed by atoms with Crippen molar-refractivity contribution in [2.45, 2.75) is 103 Å². The van der Waals surface area contributed by atoms with Gasteiger partial charge in [0, 0.05) is 19.2 Å². The summed E-state index contributed by atoms with van der Waals surface area (Å²) in [6, 6.07) is 6.51. The van der Waals surface area contributed by atoms with Crippen molar-refractivity contribution in [2.75, 3.05) is 19.8 Å². The van der Waals surface area contributed by atoms with Gasteiger partial charge >= 0.3 is 0 Å². The molecule has 0 aliphatic carbocycles. The van der Waals surface area contributed by atoms with Crippen LogP contribution in [0.4, 0.5) is 0 Å². The van der Waals surface area contributed by atoms with Gasteiger partial charge in [0.25, 0.3) is 0 Å². The van der Waals surface area contributed by atoms with Gasteiger partial charge in [-0.15, -0.1) is 0 Å². The Morgan fingerprint density at radius 2 is 1.68 bits per heavy atom. The average molecular weight is 391 g/mol. The largest absolute Gasteiger partial charge is 0.395 e. The highest BCUT2D eigenvalue weighted by molar-refractivity contribution is 5.11. The molecule has 1 aliphatic rings. The van der Waals surface area contributed by atoms with E-state index in [4.69, 9.17) is 9.72 Å². The number of pyridine rings is 1. The molecule has 0 spiro atoms. The molecule has 1 aromatic heterocycles. The Hall–Kier alpha value is -0.970. The molecule has 0 aromatic carbocycles. The molecule has 1 N–H and O–H groups in total. The highest BCUT2D eigenvalue weighted by Crippen LogP contribution is 2.19.